The lowest BCUT2D eigenvalue weighted by Crippen LogP contribution is -2.50. The van der Waals surface area contributed by atoms with Crippen molar-refractivity contribution in [1.29, 1.82) is 0 Å². The molecule has 2 saturated carbocycles. The van der Waals surface area contributed by atoms with Gasteiger partial charge in [0.25, 0.3) is 0 Å². The van der Waals surface area contributed by atoms with Gasteiger partial charge in [0.15, 0.2) is 0 Å². The van der Waals surface area contributed by atoms with E-state index in [1.54, 1.807) is 0 Å². The predicted octanol–water partition coefficient (Wildman–Crippen LogP) is 3.49. The van der Waals surface area contributed by atoms with Crippen LogP contribution in [0.3, 0.4) is 0 Å². The minimum Gasteiger partial charge on any atom is -0.200 e. The minimum absolute atomic E-state index is 0.127. The van der Waals surface area contributed by atoms with Crippen molar-refractivity contribution >= 4 is 0 Å². The summed E-state index contributed by atoms with van der Waals surface area (Å²) in [6.45, 7) is 0. The van der Waals surface area contributed by atoms with Gasteiger partial charge in [-0.05, 0) is 30.1 Å². The molecule has 0 amide bonds. The Morgan fingerprint density at radius 1 is 0.800 bits per heavy atom. The molecule has 0 radical (unpaired) electrons. The lowest BCUT2D eigenvalue weighted by atomic mass is 9.70. The first-order chi connectivity index (χ1) is 6.91. The quantitative estimate of drug-likeness (QED) is 0.433. The van der Waals surface area contributed by atoms with Crippen LogP contribution in [0.1, 0.15) is 19.3 Å². The molecule has 15 heavy (non-hydrogen) atoms. The van der Waals surface area contributed by atoms with Crippen LogP contribution in [0.15, 0.2) is 12.2 Å². The molecule has 0 heterocycles. The van der Waals surface area contributed by atoms with Crippen molar-refractivity contribution in [3.05, 3.63) is 12.2 Å². The van der Waals surface area contributed by atoms with Crippen LogP contribution >= 0.6 is 0 Å². The van der Waals surface area contributed by atoms with Crippen LogP contribution in [0.4, 0.5) is 17.6 Å². The van der Waals surface area contributed by atoms with Gasteiger partial charge in [0.1, 0.15) is 0 Å². The van der Waals surface area contributed by atoms with E-state index in [0.717, 1.165) is 6.42 Å². The maximum absolute atomic E-state index is 13.2. The van der Waals surface area contributed by atoms with Crippen molar-refractivity contribution < 1.29 is 17.6 Å². The highest BCUT2D eigenvalue weighted by atomic mass is 19.3. The maximum Gasteiger partial charge on any atom is 0.310 e. The monoisotopic (exact) mass is 220 g/mol. The van der Waals surface area contributed by atoms with Crippen molar-refractivity contribution in [2.45, 2.75) is 31.1 Å². The zero-order valence-corrected chi connectivity index (χ0v) is 8.10. The molecule has 0 nitrogen and oxygen atoms in total. The highest BCUT2D eigenvalue weighted by Gasteiger charge is 2.65. The first kappa shape index (κ1) is 9.67. The largest absolute Gasteiger partial charge is 0.310 e. The van der Waals surface area contributed by atoms with Crippen molar-refractivity contribution in [3.63, 3.8) is 0 Å². The molecule has 0 saturated heterocycles. The highest BCUT2D eigenvalue weighted by Crippen LogP contribution is 2.60. The SMILES string of the molecule is FC1(F)CC2C3C=CC(C3)C2CC1(F)F. The molecule has 2 bridgehead atoms. The number of rotatable bonds is 0. The topological polar surface area (TPSA) is 0 Å². The summed E-state index contributed by atoms with van der Waals surface area (Å²) < 4.78 is 52.7. The van der Waals surface area contributed by atoms with E-state index in [1.807, 2.05) is 12.2 Å². The highest BCUT2D eigenvalue weighted by molar-refractivity contribution is 5.17. The van der Waals surface area contributed by atoms with Gasteiger partial charge in [0, 0.05) is 12.8 Å². The summed E-state index contributed by atoms with van der Waals surface area (Å²) in [4.78, 5) is 0. The van der Waals surface area contributed by atoms with E-state index in [1.165, 1.54) is 0 Å². The minimum atomic E-state index is -3.80. The molecule has 3 aliphatic carbocycles. The first-order valence-corrected chi connectivity index (χ1v) is 5.35. The molecule has 84 valence electrons. The lowest BCUT2D eigenvalue weighted by Gasteiger charge is -2.41. The zero-order chi connectivity index (χ0) is 10.8. The smallest absolute Gasteiger partial charge is 0.200 e. The molecule has 0 aliphatic heterocycles. The summed E-state index contributed by atoms with van der Waals surface area (Å²) in [7, 11) is 0. The summed E-state index contributed by atoms with van der Waals surface area (Å²) in [5, 5.41) is 0. The van der Waals surface area contributed by atoms with Gasteiger partial charge in [-0.1, -0.05) is 12.2 Å². The number of hydrogen-bond acceptors (Lipinski definition) is 0. The number of hydrogen-bond donors (Lipinski definition) is 0. The number of alkyl halides is 4. The Balaban J connectivity index is 1.92. The van der Waals surface area contributed by atoms with E-state index in [2.05, 4.69) is 0 Å². The average Bonchev–Trinajstić information content (AvgIpc) is 2.66. The fourth-order valence-corrected chi connectivity index (χ4v) is 3.52. The molecule has 2 fully saturated rings. The van der Waals surface area contributed by atoms with Crippen LogP contribution in [0, 0.1) is 23.7 Å². The second-order valence-electron chi connectivity index (χ2n) is 5.09. The van der Waals surface area contributed by atoms with Gasteiger partial charge in [-0.15, -0.1) is 0 Å². The first-order valence-electron chi connectivity index (χ1n) is 5.35. The van der Waals surface area contributed by atoms with Gasteiger partial charge in [0.05, 0.1) is 0 Å². The molecular formula is C11H12F4. The Bertz CT molecular complexity index is 291. The molecule has 0 aromatic heterocycles. The number of fused-ring (bicyclic) bond motifs is 5. The van der Waals surface area contributed by atoms with Crippen LogP contribution < -0.4 is 0 Å². The Labute approximate surface area is 85.3 Å². The van der Waals surface area contributed by atoms with Gasteiger partial charge in [0.2, 0.25) is 0 Å². The molecule has 0 spiro atoms. The van der Waals surface area contributed by atoms with Crippen LogP contribution in [0.2, 0.25) is 0 Å². The van der Waals surface area contributed by atoms with Crippen molar-refractivity contribution in [2.75, 3.05) is 0 Å². The van der Waals surface area contributed by atoms with E-state index in [9.17, 15) is 17.6 Å². The third kappa shape index (κ3) is 1.14. The third-order valence-corrected chi connectivity index (χ3v) is 4.32. The normalized spacial score (nSPS) is 49.3. The van der Waals surface area contributed by atoms with Crippen molar-refractivity contribution in [3.8, 4) is 0 Å². The van der Waals surface area contributed by atoms with Crippen molar-refractivity contribution in [1.82, 2.24) is 0 Å². The Morgan fingerprint density at radius 2 is 1.20 bits per heavy atom. The standard InChI is InChI=1S/C11H12F4/c12-10(13)4-8-6-1-2-7(3-6)9(8)5-11(10,14)15/h1-2,6-9H,3-5H2. The van der Waals surface area contributed by atoms with Gasteiger partial charge in [-0.25, -0.2) is 0 Å². The van der Waals surface area contributed by atoms with Crippen LogP contribution in [-0.4, -0.2) is 11.8 Å². The molecule has 4 atom stereocenters. The van der Waals surface area contributed by atoms with Gasteiger partial charge >= 0.3 is 11.8 Å². The summed E-state index contributed by atoms with van der Waals surface area (Å²) >= 11 is 0. The van der Waals surface area contributed by atoms with Crippen LogP contribution in [0.5, 0.6) is 0 Å². The van der Waals surface area contributed by atoms with Crippen molar-refractivity contribution in [2.24, 2.45) is 23.7 Å². The Morgan fingerprint density at radius 3 is 1.60 bits per heavy atom. The van der Waals surface area contributed by atoms with Crippen LogP contribution in [-0.2, 0) is 0 Å². The van der Waals surface area contributed by atoms with E-state index < -0.39 is 24.7 Å². The zero-order valence-electron chi connectivity index (χ0n) is 8.10. The lowest BCUT2D eigenvalue weighted by molar-refractivity contribution is -0.250. The van der Waals surface area contributed by atoms with Gasteiger partial charge in [-0.3, -0.25) is 0 Å². The maximum atomic E-state index is 13.2. The Hall–Kier alpha value is -0.540. The predicted molar refractivity (Wildman–Crippen MR) is 46.8 cm³/mol. The number of halogens is 4. The van der Waals surface area contributed by atoms with Gasteiger partial charge in [-0.2, -0.15) is 17.6 Å². The van der Waals surface area contributed by atoms with E-state index in [4.69, 9.17) is 0 Å². The van der Waals surface area contributed by atoms with Gasteiger partial charge < -0.3 is 0 Å². The molecule has 3 rings (SSSR count). The fourth-order valence-electron chi connectivity index (χ4n) is 3.52. The summed E-state index contributed by atoms with van der Waals surface area (Å²) in [5.74, 6) is -7.77. The third-order valence-electron chi connectivity index (χ3n) is 4.32. The number of allylic oxidation sites excluding steroid dienone is 2. The van der Waals surface area contributed by atoms with E-state index >= 15 is 0 Å². The molecule has 4 unspecified atom stereocenters. The molecular weight excluding hydrogens is 208 g/mol. The molecule has 3 aliphatic rings. The van der Waals surface area contributed by atoms with E-state index in [-0.39, 0.29) is 23.7 Å². The average molecular weight is 220 g/mol. The fraction of sp³-hybridized carbons (Fsp3) is 0.818. The van der Waals surface area contributed by atoms with E-state index in [0.29, 0.717) is 0 Å². The second-order valence-corrected chi connectivity index (χ2v) is 5.09. The molecule has 0 aromatic rings. The van der Waals surface area contributed by atoms with Crippen LogP contribution in [0.25, 0.3) is 0 Å². The Kier molecular flexibility index (Phi) is 1.66. The second kappa shape index (κ2) is 2.58. The summed E-state index contributed by atoms with van der Waals surface area (Å²) in [6.07, 6.45) is 3.42. The molecule has 0 aromatic carbocycles. The summed E-state index contributed by atoms with van der Waals surface area (Å²) in [6, 6.07) is 0. The molecule has 4 heteroatoms. The molecule has 0 N–H and O–H groups in total. The summed E-state index contributed by atoms with van der Waals surface area (Å²) in [5.41, 5.74) is 0.